The average Bonchev–Trinajstić information content (AvgIpc) is 2.23. The van der Waals surface area contributed by atoms with Gasteiger partial charge in [0.1, 0.15) is 5.75 Å². The summed E-state index contributed by atoms with van der Waals surface area (Å²) in [5.74, 6) is -0.0386. The summed E-state index contributed by atoms with van der Waals surface area (Å²) in [5.41, 5.74) is 3.15. The Morgan fingerprint density at radius 1 is 1.35 bits per heavy atom. The number of hydrogen-bond acceptors (Lipinski definition) is 3. The first-order valence-corrected chi connectivity index (χ1v) is 5.48. The molecule has 0 aliphatic rings. The standard InChI is InChI=1S/C13H18O4/c1-9-6-10(2)13(16-3)11(7-9)8-17-5-4-12(14)15/h6-7H,4-5,8H2,1-3H3,(H,14,15). The first kappa shape index (κ1) is 13.5. The summed E-state index contributed by atoms with van der Waals surface area (Å²) < 4.78 is 10.6. The van der Waals surface area contributed by atoms with Crippen LogP contribution in [0.3, 0.4) is 0 Å². The predicted octanol–water partition coefficient (Wildman–Crippen LogP) is 2.30. The molecule has 1 aromatic rings. The van der Waals surface area contributed by atoms with Crippen LogP contribution in [-0.4, -0.2) is 24.8 Å². The number of carboxylic acids is 1. The molecule has 0 fully saturated rings. The zero-order chi connectivity index (χ0) is 12.8. The van der Waals surface area contributed by atoms with Gasteiger partial charge in [0.2, 0.25) is 0 Å². The van der Waals surface area contributed by atoms with Gasteiger partial charge in [-0.15, -0.1) is 0 Å². The lowest BCUT2D eigenvalue weighted by Crippen LogP contribution is -2.04. The van der Waals surface area contributed by atoms with E-state index in [1.54, 1.807) is 7.11 Å². The Labute approximate surface area is 101 Å². The molecule has 0 atom stereocenters. The van der Waals surface area contributed by atoms with Crippen LogP contribution < -0.4 is 4.74 Å². The third-order valence-electron chi connectivity index (χ3n) is 2.42. The van der Waals surface area contributed by atoms with Gasteiger partial charge in [-0.2, -0.15) is 0 Å². The molecule has 17 heavy (non-hydrogen) atoms. The van der Waals surface area contributed by atoms with E-state index in [1.165, 1.54) is 0 Å². The molecule has 1 aromatic carbocycles. The van der Waals surface area contributed by atoms with Gasteiger partial charge in [-0.05, 0) is 19.4 Å². The molecule has 0 heterocycles. The van der Waals surface area contributed by atoms with Crippen LogP contribution in [0.2, 0.25) is 0 Å². The monoisotopic (exact) mass is 238 g/mol. The molecule has 0 radical (unpaired) electrons. The lowest BCUT2D eigenvalue weighted by atomic mass is 10.1. The molecule has 0 bridgehead atoms. The molecule has 0 aromatic heterocycles. The van der Waals surface area contributed by atoms with Crippen LogP contribution in [0.5, 0.6) is 5.75 Å². The first-order chi connectivity index (χ1) is 8.04. The summed E-state index contributed by atoms with van der Waals surface area (Å²) in [6.45, 7) is 4.57. The highest BCUT2D eigenvalue weighted by molar-refractivity contribution is 5.66. The van der Waals surface area contributed by atoms with Crippen LogP contribution in [0.4, 0.5) is 0 Å². The highest BCUT2D eigenvalue weighted by Crippen LogP contribution is 2.25. The third kappa shape index (κ3) is 4.07. The van der Waals surface area contributed by atoms with Crippen molar-refractivity contribution < 1.29 is 19.4 Å². The fourth-order valence-corrected chi connectivity index (χ4v) is 1.78. The molecular weight excluding hydrogens is 220 g/mol. The number of ether oxygens (including phenoxy) is 2. The van der Waals surface area contributed by atoms with E-state index < -0.39 is 5.97 Å². The number of methoxy groups -OCH3 is 1. The normalized spacial score (nSPS) is 10.3. The molecule has 0 saturated heterocycles. The van der Waals surface area contributed by atoms with Crippen LogP contribution in [0.25, 0.3) is 0 Å². The number of aliphatic carboxylic acids is 1. The Bertz CT molecular complexity index is 399. The van der Waals surface area contributed by atoms with E-state index >= 15 is 0 Å². The topological polar surface area (TPSA) is 55.8 Å². The van der Waals surface area contributed by atoms with Crippen LogP contribution in [0.1, 0.15) is 23.1 Å². The van der Waals surface area contributed by atoms with Crippen LogP contribution >= 0.6 is 0 Å². The van der Waals surface area contributed by atoms with Crippen molar-refractivity contribution in [1.29, 1.82) is 0 Å². The minimum Gasteiger partial charge on any atom is -0.496 e. The largest absolute Gasteiger partial charge is 0.496 e. The highest BCUT2D eigenvalue weighted by Gasteiger charge is 2.08. The Morgan fingerprint density at radius 2 is 2.06 bits per heavy atom. The minimum atomic E-state index is -0.850. The molecule has 0 unspecified atom stereocenters. The van der Waals surface area contributed by atoms with Crippen molar-refractivity contribution in [2.45, 2.75) is 26.9 Å². The molecule has 4 nitrogen and oxygen atoms in total. The van der Waals surface area contributed by atoms with Crippen molar-refractivity contribution >= 4 is 5.97 Å². The van der Waals surface area contributed by atoms with E-state index in [2.05, 4.69) is 0 Å². The van der Waals surface area contributed by atoms with Gasteiger partial charge in [-0.3, -0.25) is 4.79 Å². The molecule has 0 saturated carbocycles. The van der Waals surface area contributed by atoms with Crippen molar-refractivity contribution in [1.82, 2.24) is 0 Å². The van der Waals surface area contributed by atoms with Crippen molar-refractivity contribution in [2.75, 3.05) is 13.7 Å². The fourth-order valence-electron chi connectivity index (χ4n) is 1.78. The second-order valence-electron chi connectivity index (χ2n) is 3.97. The highest BCUT2D eigenvalue weighted by atomic mass is 16.5. The second kappa shape index (κ2) is 6.25. The SMILES string of the molecule is COc1c(C)cc(C)cc1COCCC(=O)O. The number of rotatable bonds is 6. The van der Waals surface area contributed by atoms with Gasteiger partial charge in [0.05, 0.1) is 26.7 Å². The van der Waals surface area contributed by atoms with Crippen LogP contribution in [0, 0.1) is 13.8 Å². The zero-order valence-electron chi connectivity index (χ0n) is 10.4. The number of hydrogen-bond donors (Lipinski definition) is 1. The van der Waals surface area contributed by atoms with Crippen molar-refractivity contribution in [3.05, 3.63) is 28.8 Å². The number of carbonyl (C=O) groups is 1. The quantitative estimate of drug-likeness (QED) is 0.773. The smallest absolute Gasteiger partial charge is 0.305 e. The number of carboxylic acid groups (broad SMARTS) is 1. The first-order valence-electron chi connectivity index (χ1n) is 5.48. The number of benzene rings is 1. The Hall–Kier alpha value is -1.55. The summed E-state index contributed by atoms with van der Waals surface area (Å²) >= 11 is 0. The molecule has 0 aliphatic heterocycles. The van der Waals surface area contributed by atoms with Crippen LogP contribution in [-0.2, 0) is 16.1 Å². The van der Waals surface area contributed by atoms with Gasteiger partial charge in [-0.1, -0.05) is 17.7 Å². The lowest BCUT2D eigenvalue weighted by molar-refractivity contribution is -0.138. The summed E-state index contributed by atoms with van der Waals surface area (Å²) in [7, 11) is 1.62. The van der Waals surface area contributed by atoms with Crippen molar-refractivity contribution in [2.24, 2.45) is 0 Å². The molecule has 4 heteroatoms. The predicted molar refractivity (Wildman–Crippen MR) is 64.4 cm³/mol. The molecular formula is C13H18O4. The van der Waals surface area contributed by atoms with Crippen molar-refractivity contribution in [3.63, 3.8) is 0 Å². The summed E-state index contributed by atoms with van der Waals surface area (Å²) in [6, 6.07) is 4.03. The molecule has 0 spiro atoms. The van der Waals surface area contributed by atoms with E-state index in [-0.39, 0.29) is 13.0 Å². The maximum absolute atomic E-state index is 10.3. The van der Waals surface area contributed by atoms with Gasteiger partial charge in [0.15, 0.2) is 0 Å². The van der Waals surface area contributed by atoms with Crippen molar-refractivity contribution in [3.8, 4) is 5.75 Å². The molecule has 0 aliphatic carbocycles. The maximum atomic E-state index is 10.3. The van der Waals surface area contributed by atoms with E-state index in [1.807, 2.05) is 26.0 Å². The molecule has 94 valence electrons. The molecule has 0 amide bonds. The Morgan fingerprint density at radius 3 is 2.65 bits per heavy atom. The van der Waals surface area contributed by atoms with E-state index in [0.717, 1.165) is 22.4 Å². The third-order valence-corrected chi connectivity index (χ3v) is 2.42. The average molecular weight is 238 g/mol. The molecule has 1 N–H and O–H groups in total. The number of aryl methyl sites for hydroxylation is 2. The Kier molecular flexibility index (Phi) is 4.97. The maximum Gasteiger partial charge on any atom is 0.305 e. The summed E-state index contributed by atoms with van der Waals surface area (Å²) in [4.78, 5) is 10.3. The minimum absolute atomic E-state index is 0.0209. The van der Waals surface area contributed by atoms with Gasteiger partial charge in [0, 0.05) is 5.56 Å². The zero-order valence-corrected chi connectivity index (χ0v) is 10.4. The fraction of sp³-hybridized carbons (Fsp3) is 0.462. The lowest BCUT2D eigenvalue weighted by Gasteiger charge is -2.12. The van der Waals surface area contributed by atoms with Gasteiger partial charge >= 0.3 is 5.97 Å². The van der Waals surface area contributed by atoms with Gasteiger partial charge < -0.3 is 14.6 Å². The van der Waals surface area contributed by atoms with E-state index in [9.17, 15) is 4.79 Å². The van der Waals surface area contributed by atoms with Gasteiger partial charge in [-0.25, -0.2) is 0 Å². The summed E-state index contributed by atoms with van der Waals surface area (Å²) in [5, 5.41) is 8.49. The molecule has 1 rings (SSSR count). The van der Waals surface area contributed by atoms with Crippen LogP contribution in [0.15, 0.2) is 12.1 Å². The van der Waals surface area contributed by atoms with E-state index in [0.29, 0.717) is 6.61 Å². The second-order valence-corrected chi connectivity index (χ2v) is 3.97. The van der Waals surface area contributed by atoms with E-state index in [4.69, 9.17) is 14.6 Å². The summed E-state index contributed by atoms with van der Waals surface area (Å²) in [6.07, 6.45) is 0.0209. The Balaban J connectivity index is 2.66. The van der Waals surface area contributed by atoms with Gasteiger partial charge in [0.25, 0.3) is 0 Å².